The summed E-state index contributed by atoms with van der Waals surface area (Å²) in [5, 5.41) is 5.89. The lowest BCUT2D eigenvalue weighted by molar-refractivity contribution is -0.124. The molecule has 0 saturated carbocycles. The summed E-state index contributed by atoms with van der Waals surface area (Å²) in [5.41, 5.74) is 1.64. The van der Waals surface area contributed by atoms with Gasteiger partial charge in [-0.3, -0.25) is 4.79 Å². The molecule has 0 radical (unpaired) electrons. The van der Waals surface area contributed by atoms with E-state index in [1.807, 2.05) is 6.92 Å². The summed E-state index contributed by atoms with van der Waals surface area (Å²) in [6.45, 7) is 3.20. The lowest BCUT2D eigenvalue weighted by Gasteiger charge is -2.24. The van der Waals surface area contributed by atoms with Gasteiger partial charge < -0.3 is 10.6 Å². The molecule has 1 aliphatic rings. The number of aryl methyl sites for hydroxylation is 1. The van der Waals surface area contributed by atoms with Crippen LogP contribution >= 0.6 is 0 Å². The molecule has 15 heavy (non-hydrogen) atoms. The number of nitrogens with one attached hydrogen (secondary N) is 2. The van der Waals surface area contributed by atoms with Gasteiger partial charge in [0.15, 0.2) is 0 Å². The highest BCUT2D eigenvalue weighted by Crippen LogP contribution is 2.19. The summed E-state index contributed by atoms with van der Waals surface area (Å²) in [6, 6.07) is 4.14. The van der Waals surface area contributed by atoms with Crippen LogP contribution in [0.4, 0.5) is 4.39 Å². The van der Waals surface area contributed by atoms with Crippen molar-refractivity contribution >= 4 is 5.91 Å². The van der Waals surface area contributed by atoms with E-state index in [9.17, 15) is 9.18 Å². The first kappa shape index (κ1) is 10.1. The molecule has 1 amide bonds. The Bertz CT molecular complexity index is 392. The van der Waals surface area contributed by atoms with Crippen molar-refractivity contribution in [3.8, 4) is 0 Å². The van der Waals surface area contributed by atoms with Crippen LogP contribution in [0.15, 0.2) is 18.2 Å². The molecule has 3 nitrogen and oxygen atoms in total. The summed E-state index contributed by atoms with van der Waals surface area (Å²) >= 11 is 0. The van der Waals surface area contributed by atoms with Crippen LogP contribution in [-0.4, -0.2) is 19.0 Å². The van der Waals surface area contributed by atoms with Gasteiger partial charge in [0.2, 0.25) is 5.91 Å². The van der Waals surface area contributed by atoms with Gasteiger partial charge in [0.1, 0.15) is 11.9 Å². The van der Waals surface area contributed by atoms with Crippen molar-refractivity contribution in [3.63, 3.8) is 0 Å². The predicted molar refractivity (Wildman–Crippen MR) is 54.9 cm³/mol. The van der Waals surface area contributed by atoms with Crippen LogP contribution in [0.3, 0.4) is 0 Å². The Morgan fingerprint density at radius 2 is 2.20 bits per heavy atom. The number of rotatable bonds is 1. The van der Waals surface area contributed by atoms with E-state index in [1.165, 1.54) is 12.1 Å². The van der Waals surface area contributed by atoms with Crippen molar-refractivity contribution in [1.29, 1.82) is 0 Å². The number of halogens is 1. The summed E-state index contributed by atoms with van der Waals surface area (Å²) in [5.74, 6) is -0.316. The monoisotopic (exact) mass is 208 g/mol. The zero-order chi connectivity index (χ0) is 10.8. The molecule has 0 aliphatic carbocycles. The fraction of sp³-hybridized carbons (Fsp3) is 0.364. The minimum absolute atomic E-state index is 0.0454. The Kier molecular flexibility index (Phi) is 2.68. The van der Waals surface area contributed by atoms with E-state index in [4.69, 9.17) is 0 Å². The molecular weight excluding hydrogens is 195 g/mol. The summed E-state index contributed by atoms with van der Waals surface area (Å²) in [6.07, 6.45) is 0. The second-order valence-electron chi connectivity index (χ2n) is 3.68. The second-order valence-corrected chi connectivity index (χ2v) is 3.68. The maximum absolute atomic E-state index is 12.9. The van der Waals surface area contributed by atoms with Gasteiger partial charge in [0.05, 0.1) is 0 Å². The first-order valence-corrected chi connectivity index (χ1v) is 4.95. The van der Waals surface area contributed by atoms with Crippen LogP contribution in [0.5, 0.6) is 0 Å². The number of amides is 1. The third-order valence-electron chi connectivity index (χ3n) is 2.58. The molecule has 1 aromatic carbocycles. The average molecular weight is 208 g/mol. The second kappa shape index (κ2) is 3.98. The molecule has 2 rings (SSSR count). The lowest BCUT2D eigenvalue weighted by Crippen LogP contribution is -2.47. The minimum atomic E-state index is -0.348. The third-order valence-corrected chi connectivity index (χ3v) is 2.58. The summed E-state index contributed by atoms with van der Waals surface area (Å²) in [7, 11) is 0. The number of piperazine rings is 1. The Labute approximate surface area is 87.7 Å². The first-order valence-electron chi connectivity index (χ1n) is 4.95. The molecule has 1 aliphatic heterocycles. The molecule has 0 aromatic heterocycles. The number of benzene rings is 1. The van der Waals surface area contributed by atoms with E-state index in [2.05, 4.69) is 10.6 Å². The first-order chi connectivity index (χ1) is 7.18. The highest BCUT2D eigenvalue weighted by Gasteiger charge is 2.24. The predicted octanol–water partition coefficient (Wildman–Crippen LogP) is 0.895. The van der Waals surface area contributed by atoms with Gasteiger partial charge in [-0.1, -0.05) is 6.07 Å². The molecule has 4 heteroatoms. The molecule has 1 fully saturated rings. The summed E-state index contributed by atoms with van der Waals surface area (Å²) < 4.78 is 12.9. The van der Waals surface area contributed by atoms with Gasteiger partial charge in [-0.15, -0.1) is 0 Å². The van der Waals surface area contributed by atoms with Gasteiger partial charge in [-0.25, -0.2) is 4.39 Å². The molecule has 80 valence electrons. The van der Waals surface area contributed by atoms with E-state index in [0.717, 1.165) is 17.7 Å². The largest absolute Gasteiger partial charge is 0.353 e. The van der Waals surface area contributed by atoms with Gasteiger partial charge in [0, 0.05) is 13.1 Å². The molecular formula is C11H13FN2O. The van der Waals surface area contributed by atoms with E-state index >= 15 is 0 Å². The van der Waals surface area contributed by atoms with Crippen molar-refractivity contribution in [1.82, 2.24) is 10.6 Å². The number of carbonyl (C=O) groups is 1. The molecule has 1 saturated heterocycles. The minimum Gasteiger partial charge on any atom is -0.353 e. The third kappa shape index (κ3) is 1.99. The Morgan fingerprint density at radius 3 is 2.87 bits per heavy atom. The van der Waals surface area contributed by atoms with E-state index in [-0.39, 0.29) is 17.8 Å². The van der Waals surface area contributed by atoms with Gasteiger partial charge in [0.25, 0.3) is 0 Å². The van der Waals surface area contributed by atoms with Crippen LogP contribution in [0.25, 0.3) is 0 Å². The molecule has 2 N–H and O–H groups in total. The highest BCUT2D eigenvalue weighted by atomic mass is 19.1. The zero-order valence-corrected chi connectivity index (χ0v) is 8.51. The Balaban J connectivity index is 2.31. The lowest BCUT2D eigenvalue weighted by atomic mass is 9.99. The molecule has 1 heterocycles. The maximum Gasteiger partial charge on any atom is 0.241 e. The van der Waals surface area contributed by atoms with Gasteiger partial charge in [-0.2, -0.15) is 0 Å². The number of hydrogen-bond acceptors (Lipinski definition) is 2. The van der Waals surface area contributed by atoms with Gasteiger partial charge in [-0.05, 0) is 30.2 Å². The van der Waals surface area contributed by atoms with Crippen molar-refractivity contribution < 1.29 is 9.18 Å². The fourth-order valence-electron chi connectivity index (χ4n) is 1.81. The normalized spacial score (nSPS) is 21.2. The Morgan fingerprint density at radius 1 is 1.40 bits per heavy atom. The van der Waals surface area contributed by atoms with Crippen LogP contribution in [-0.2, 0) is 4.79 Å². The molecule has 1 atom stereocenters. The van der Waals surface area contributed by atoms with Gasteiger partial charge >= 0.3 is 0 Å². The van der Waals surface area contributed by atoms with Crippen molar-refractivity contribution in [2.45, 2.75) is 13.0 Å². The van der Waals surface area contributed by atoms with Crippen LogP contribution in [0, 0.1) is 12.7 Å². The van der Waals surface area contributed by atoms with Crippen LogP contribution in [0.1, 0.15) is 17.2 Å². The fourth-order valence-corrected chi connectivity index (χ4v) is 1.81. The van der Waals surface area contributed by atoms with Crippen molar-refractivity contribution in [2.75, 3.05) is 13.1 Å². The SMILES string of the molecule is Cc1cc(F)ccc1[C@H]1NCCNC1=O. The molecule has 1 aromatic rings. The number of hydrogen-bond donors (Lipinski definition) is 2. The highest BCUT2D eigenvalue weighted by molar-refractivity contribution is 5.84. The quantitative estimate of drug-likeness (QED) is 0.719. The van der Waals surface area contributed by atoms with E-state index < -0.39 is 0 Å². The topological polar surface area (TPSA) is 41.1 Å². The van der Waals surface area contributed by atoms with Crippen LogP contribution in [0.2, 0.25) is 0 Å². The number of carbonyl (C=O) groups excluding carboxylic acids is 1. The molecule has 0 unspecified atom stereocenters. The standard InChI is InChI=1S/C11H13FN2O/c1-7-6-8(12)2-3-9(7)10-11(15)14-5-4-13-10/h2-3,6,10,13H,4-5H2,1H3,(H,14,15)/t10-/m1/s1. The zero-order valence-electron chi connectivity index (χ0n) is 8.51. The van der Waals surface area contributed by atoms with Crippen LogP contribution < -0.4 is 10.6 Å². The van der Waals surface area contributed by atoms with E-state index in [1.54, 1.807) is 6.07 Å². The Hall–Kier alpha value is -1.42. The van der Waals surface area contributed by atoms with Crippen molar-refractivity contribution in [2.24, 2.45) is 0 Å². The van der Waals surface area contributed by atoms with E-state index in [0.29, 0.717) is 6.54 Å². The molecule has 0 spiro atoms. The van der Waals surface area contributed by atoms with Crippen molar-refractivity contribution in [3.05, 3.63) is 35.1 Å². The summed E-state index contributed by atoms with van der Waals surface area (Å²) in [4.78, 5) is 11.6. The molecule has 0 bridgehead atoms. The smallest absolute Gasteiger partial charge is 0.241 e. The average Bonchev–Trinajstić information content (AvgIpc) is 2.20. The maximum atomic E-state index is 12.9.